The van der Waals surface area contributed by atoms with Crippen LogP contribution in [0.25, 0.3) is 4.85 Å². The molecule has 4 aromatic heterocycles. The number of rotatable bonds is 26. The Morgan fingerprint density at radius 3 is 0.726 bits per heavy atom. The molecule has 124 heavy (non-hydrogen) atoms. The molecule has 0 aliphatic heterocycles. The highest BCUT2D eigenvalue weighted by Crippen LogP contribution is 2.35. The predicted molar refractivity (Wildman–Crippen MR) is 457 cm³/mol. The lowest BCUT2D eigenvalue weighted by atomic mass is 10.1. The van der Waals surface area contributed by atoms with Crippen molar-refractivity contribution >= 4 is 5.69 Å². The molecule has 27 nitrogen and oxygen atoms in total. The highest BCUT2D eigenvalue weighted by molar-refractivity contribution is 5.48. The zero-order chi connectivity index (χ0) is 85.3. The van der Waals surface area contributed by atoms with Crippen LogP contribution < -0.4 is 56.8 Å². The summed E-state index contributed by atoms with van der Waals surface area (Å²) in [5.74, 6) is 6.68. The number of ether oxygens (including phenoxy) is 12. The van der Waals surface area contributed by atoms with Crippen molar-refractivity contribution in [2.75, 3.05) is 0 Å². The van der Waals surface area contributed by atoms with Crippen molar-refractivity contribution in [1.82, 2.24) is 59.8 Å². The van der Waals surface area contributed by atoms with Gasteiger partial charge >= 0.3 is 72.1 Å². The van der Waals surface area contributed by atoms with Gasteiger partial charge in [-0.15, -0.1) is 59.8 Å². The van der Waals surface area contributed by atoms with E-state index in [1.165, 1.54) is 11.1 Å². The second-order valence-corrected chi connectivity index (χ2v) is 26.1. The van der Waals surface area contributed by atoms with E-state index in [4.69, 9.17) is 73.9 Å². The molecule has 0 spiro atoms. The number of aromatic nitrogens is 12. The average Bonchev–Trinajstić information content (AvgIpc) is 0.848. The highest BCUT2D eigenvalue weighted by Gasteiger charge is 2.20. The van der Waals surface area contributed by atoms with Gasteiger partial charge in [-0.1, -0.05) is 200 Å². The van der Waals surface area contributed by atoms with Crippen LogP contribution >= 0.6 is 0 Å². The van der Waals surface area contributed by atoms with Crippen LogP contribution in [0.2, 0.25) is 0 Å². The van der Waals surface area contributed by atoms with Crippen molar-refractivity contribution in [1.29, 1.82) is 10.5 Å². The van der Waals surface area contributed by atoms with Crippen molar-refractivity contribution < 1.29 is 56.8 Å². The lowest BCUT2D eigenvalue weighted by Crippen LogP contribution is -2.01. The number of nitrogens with zero attached hydrogens (tertiary/aromatic N) is 15. The summed E-state index contributed by atoms with van der Waals surface area (Å²) in [6, 6.07) is 111. The minimum Gasteiger partial charge on any atom is -0.424 e. The molecule has 0 amide bonds. The molecular formula is C97H69N15O12. The van der Waals surface area contributed by atoms with Gasteiger partial charge in [-0.3, -0.25) is 0 Å². The normalized spacial score (nSPS) is 10.2. The third-order valence-electron chi connectivity index (χ3n) is 16.8. The summed E-state index contributed by atoms with van der Waals surface area (Å²) in [7, 11) is 0. The standard InChI is InChI=1S/C28H21N3O3.C24H12N6O3.C23H19N3O3.C22H17N3O3/c1-4-10-21(11-5-1)20-22-16-18-25(19-17-22)34-28-30-26(32-23-12-6-2-7-13-23)29-27(31-28)33-24-14-8-3-9-15-24;1-27-18-6-12-21(13-7-18)33-24-29-22(31-19-8-2-16(14-25)3-9-19)28-23(30-24)32-20-10-4-17(15-26)5-11-20;1-16-13-14-20(17(2)15-16)29-23-25-21(27-18-9-5-3-6-10-18)24-22(26-23)28-19-11-7-4-8-12-19;1-16-10-8-9-15-19(16)28-22-24-20(26-17-11-4-2-5-12-17)23-21(25-22)27-18-13-6-3-7-14-18/h1-19H,20H2;2-13H;3-15H,1-2H3;2-15H,1H3. The van der Waals surface area contributed by atoms with Gasteiger partial charge < -0.3 is 56.8 Å². The SMILES string of the molecule is Cc1ccc(Oc2nc(Oc3ccccc3)nc(Oc3ccccc3)n2)c(C)c1.Cc1ccccc1Oc1nc(Oc2ccccc2)nc(Oc2ccccc2)n1.[C-]#[N+]c1ccc(Oc2nc(Oc3ccc(C#N)cc3)nc(Oc3ccc(C#N)cc3)n2)cc1.c1ccc(Cc2ccc(Oc3nc(Oc4ccccc4)nc(Oc4ccccc4)n3)cc2)cc1. The third kappa shape index (κ3) is 25.5. The van der Waals surface area contributed by atoms with Gasteiger partial charge in [0, 0.05) is 0 Å². The number of aryl methyl sites for hydroxylation is 3. The van der Waals surface area contributed by atoms with Crippen molar-refractivity contribution in [3.63, 3.8) is 0 Å². The number of hydrogen-bond donors (Lipinski definition) is 0. The first kappa shape index (κ1) is 82.5. The molecule has 0 radical (unpaired) electrons. The Labute approximate surface area is 711 Å². The van der Waals surface area contributed by atoms with Gasteiger partial charge in [0.15, 0.2) is 5.69 Å². The van der Waals surface area contributed by atoms with E-state index in [9.17, 15) is 0 Å². The largest absolute Gasteiger partial charge is 0.424 e. The van der Waals surface area contributed by atoms with Crippen molar-refractivity contribution in [2.45, 2.75) is 27.2 Å². The number of nitriles is 2. The molecule has 0 saturated carbocycles. The Balaban J connectivity index is 0.000000135. The Morgan fingerprint density at radius 1 is 0.234 bits per heavy atom. The van der Waals surface area contributed by atoms with E-state index in [1.54, 1.807) is 72.8 Å². The first-order valence-corrected chi connectivity index (χ1v) is 38.1. The minimum atomic E-state index is -0.0915. The van der Waals surface area contributed by atoms with Crippen molar-refractivity contribution in [2.24, 2.45) is 0 Å². The van der Waals surface area contributed by atoms with Crippen LogP contribution in [0.1, 0.15) is 38.9 Å². The van der Waals surface area contributed by atoms with Crippen LogP contribution in [0.5, 0.6) is 141 Å². The molecule has 17 rings (SSSR count). The maximum Gasteiger partial charge on any atom is 0.331 e. The van der Waals surface area contributed by atoms with Crippen LogP contribution in [0.15, 0.2) is 352 Å². The lowest BCUT2D eigenvalue weighted by molar-refractivity contribution is 0.360. The van der Waals surface area contributed by atoms with E-state index in [2.05, 4.69) is 76.8 Å². The van der Waals surface area contributed by atoms with Crippen molar-refractivity contribution in [3.8, 4) is 153 Å². The van der Waals surface area contributed by atoms with E-state index in [0.29, 0.717) is 85.8 Å². The molecule has 604 valence electrons. The Morgan fingerprint density at radius 2 is 0.460 bits per heavy atom. The van der Waals surface area contributed by atoms with Crippen LogP contribution in [-0.2, 0) is 6.42 Å². The number of benzene rings is 13. The fourth-order valence-electron chi connectivity index (χ4n) is 10.9. The summed E-state index contributed by atoms with van der Waals surface area (Å²) in [5, 5.41) is 17.9. The molecule has 0 saturated heterocycles. The quantitative estimate of drug-likeness (QED) is 0.0455. The summed E-state index contributed by atoms with van der Waals surface area (Å²) in [4.78, 5) is 54.3. The number of hydrogen-bond acceptors (Lipinski definition) is 26. The molecule has 0 aliphatic rings. The minimum absolute atomic E-state index is 0.0719. The summed E-state index contributed by atoms with van der Waals surface area (Å²) in [6.07, 6.45) is 0.844. The highest BCUT2D eigenvalue weighted by atomic mass is 16.6. The van der Waals surface area contributed by atoms with Gasteiger partial charge in [0.25, 0.3) is 0 Å². The monoisotopic (exact) mass is 1640 g/mol. The third-order valence-corrected chi connectivity index (χ3v) is 16.8. The molecule has 13 aromatic carbocycles. The first-order chi connectivity index (χ1) is 60.9. The first-order valence-electron chi connectivity index (χ1n) is 38.1. The fraction of sp³-hybridized carbons (Fsp3) is 0.0412. The van der Waals surface area contributed by atoms with Gasteiger partial charge in [0.05, 0.1) is 29.8 Å². The Bertz CT molecular complexity index is 6100. The Kier molecular flexibility index (Phi) is 28.1. The van der Waals surface area contributed by atoms with E-state index >= 15 is 0 Å². The van der Waals surface area contributed by atoms with Gasteiger partial charge in [-0.25, -0.2) is 4.85 Å². The molecule has 0 fully saturated rings. The molecule has 0 atom stereocenters. The molecule has 17 aromatic rings. The molecule has 0 N–H and O–H groups in total. The molecule has 0 aliphatic carbocycles. The van der Waals surface area contributed by atoms with Crippen molar-refractivity contribution in [3.05, 3.63) is 402 Å². The summed E-state index contributed by atoms with van der Waals surface area (Å²) in [6.45, 7) is 13.0. The summed E-state index contributed by atoms with van der Waals surface area (Å²) in [5.41, 5.74) is 6.93. The zero-order valence-corrected chi connectivity index (χ0v) is 66.3. The molecule has 0 unspecified atom stereocenters. The maximum absolute atomic E-state index is 8.95. The van der Waals surface area contributed by atoms with Crippen LogP contribution in [0.3, 0.4) is 0 Å². The molecule has 4 heterocycles. The molecule has 27 heteroatoms. The lowest BCUT2D eigenvalue weighted by Gasteiger charge is -2.11. The van der Waals surface area contributed by atoms with Gasteiger partial charge in [0.2, 0.25) is 0 Å². The number of para-hydroxylation sites is 7. The van der Waals surface area contributed by atoms with Crippen LogP contribution in [0, 0.1) is 50.0 Å². The maximum atomic E-state index is 8.95. The summed E-state index contributed by atoms with van der Waals surface area (Å²) >= 11 is 0. The zero-order valence-electron chi connectivity index (χ0n) is 66.3. The van der Waals surface area contributed by atoms with Gasteiger partial charge in [-0.05, 0) is 207 Å². The molecule has 0 bridgehead atoms. The molecular weight excluding hydrogens is 1570 g/mol. The van der Waals surface area contributed by atoms with Gasteiger partial charge in [0.1, 0.15) is 69.0 Å². The van der Waals surface area contributed by atoms with Gasteiger partial charge in [-0.2, -0.15) is 10.5 Å². The second-order valence-electron chi connectivity index (χ2n) is 26.1. The topological polar surface area (TPSA) is 317 Å². The smallest absolute Gasteiger partial charge is 0.331 e. The van der Waals surface area contributed by atoms with E-state index in [0.717, 1.165) is 23.1 Å². The second kappa shape index (κ2) is 42.2. The predicted octanol–water partition coefficient (Wildman–Crippen LogP) is 23.8. The summed E-state index contributed by atoms with van der Waals surface area (Å²) < 4.78 is 69.4. The average molecular weight is 1640 g/mol. The van der Waals surface area contributed by atoms with E-state index in [-0.39, 0.29) is 72.1 Å². The Hall–Kier alpha value is -18.0. The van der Waals surface area contributed by atoms with E-state index in [1.807, 2.05) is 300 Å². The van der Waals surface area contributed by atoms with Crippen LogP contribution in [0.4, 0.5) is 5.69 Å². The fourth-order valence-corrected chi connectivity index (χ4v) is 10.9. The van der Waals surface area contributed by atoms with E-state index < -0.39 is 0 Å². The van der Waals surface area contributed by atoms with Crippen LogP contribution in [-0.4, -0.2) is 59.8 Å².